The van der Waals surface area contributed by atoms with E-state index >= 15 is 0 Å². The third kappa shape index (κ3) is 5.56. The summed E-state index contributed by atoms with van der Waals surface area (Å²) in [7, 11) is 1.76. The Morgan fingerprint density at radius 3 is 2.57 bits per heavy atom. The Hall–Kier alpha value is -3.38. The molecule has 0 fully saturated rings. The highest BCUT2D eigenvalue weighted by Gasteiger charge is 2.13. The van der Waals surface area contributed by atoms with E-state index in [9.17, 15) is 9.59 Å². The van der Waals surface area contributed by atoms with E-state index in [-0.39, 0.29) is 18.4 Å². The molecule has 0 aliphatic heterocycles. The van der Waals surface area contributed by atoms with Gasteiger partial charge < -0.3 is 20.0 Å². The van der Waals surface area contributed by atoms with Crippen LogP contribution >= 0.6 is 0 Å². The van der Waals surface area contributed by atoms with Gasteiger partial charge >= 0.3 is 0 Å². The molecule has 3 aromatic rings. The van der Waals surface area contributed by atoms with Crippen LogP contribution in [0.5, 0.6) is 0 Å². The monoisotopic (exact) mass is 377 g/mol. The van der Waals surface area contributed by atoms with Crippen molar-refractivity contribution in [2.45, 2.75) is 13.1 Å². The lowest BCUT2D eigenvalue weighted by molar-refractivity contribution is -0.115. The minimum Gasteiger partial charge on any atom is -0.468 e. The van der Waals surface area contributed by atoms with Crippen LogP contribution in [0.3, 0.4) is 0 Å². The summed E-state index contributed by atoms with van der Waals surface area (Å²) < 4.78 is 5.20. The highest BCUT2D eigenvalue weighted by atomic mass is 16.3. The van der Waals surface area contributed by atoms with E-state index in [2.05, 4.69) is 10.6 Å². The van der Waals surface area contributed by atoms with Gasteiger partial charge in [0.1, 0.15) is 5.76 Å². The van der Waals surface area contributed by atoms with Crippen LogP contribution < -0.4 is 10.6 Å². The molecule has 0 atom stereocenters. The van der Waals surface area contributed by atoms with Crippen molar-refractivity contribution in [3.63, 3.8) is 0 Å². The molecule has 0 bridgehead atoms. The van der Waals surface area contributed by atoms with Crippen molar-refractivity contribution in [1.82, 2.24) is 10.2 Å². The van der Waals surface area contributed by atoms with Crippen LogP contribution in [0.1, 0.15) is 21.7 Å². The molecule has 0 aliphatic carbocycles. The van der Waals surface area contributed by atoms with Gasteiger partial charge in [-0.1, -0.05) is 36.4 Å². The van der Waals surface area contributed by atoms with Gasteiger partial charge in [0.2, 0.25) is 5.91 Å². The molecule has 28 heavy (non-hydrogen) atoms. The van der Waals surface area contributed by atoms with E-state index in [1.54, 1.807) is 48.5 Å². The molecule has 0 aliphatic rings. The van der Waals surface area contributed by atoms with Crippen molar-refractivity contribution in [3.8, 4) is 0 Å². The zero-order valence-corrected chi connectivity index (χ0v) is 15.7. The molecule has 0 unspecified atom stereocenters. The van der Waals surface area contributed by atoms with Crippen LogP contribution in [0, 0.1) is 0 Å². The van der Waals surface area contributed by atoms with Gasteiger partial charge in [-0.2, -0.15) is 0 Å². The van der Waals surface area contributed by atoms with Crippen molar-refractivity contribution in [3.05, 3.63) is 89.9 Å². The smallest absolute Gasteiger partial charge is 0.253 e. The molecule has 1 aromatic heterocycles. The second-order valence-electron chi connectivity index (χ2n) is 6.46. The number of carbonyl (C=O) groups excluding carboxylic acids is 2. The number of anilines is 1. The summed E-state index contributed by atoms with van der Waals surface area (Å²) in [5.74, 6) is 0.478. The topological polar surface area (TPSA) is 74.6 Å². The average molecular weight is 377 g/mol. The zero-order valence-electron chi connectivity index (χ0n) is 15.7. The number of carbonyl (C=O) groups is 2. The van der Waals surface area contributed by atoms with Crippen molar-refractivity contribution in [2.24, 2.45) is 0 Å². The molecule has 2 amide bonds. The maximum atomic E-state index is 12.7. The molecule has 0 saturated carbocycles. The van der Waals surface area contributed by atoms with E-state index < -0.39 is 0 Å². The Labute approximate surface area is 164 Å². The molecular weight excluding hydrogens is 354 g/mol. The number of amides is 2. The minimum absolute atomic E-state index is 0.101. The normalized spacial score (nSPS) is 10.5. The summed E-state index contributed by atoms with van der Waals surface area (Å²) in [6.45, 7) is 1.14. The minimum atomic E-state index is -0.186. The van der Waals surface area contributed by atoms with Gasteiger partial charge in [0.05, 0.1) is 19.4 Å². The molecule has 2 aromatic carbocycles. The maximum Gasteiger partial charge on any atom is 0.253 e. The predicted octanol–water partition coefficient (Wildman–Crippen LogP) is 3.28. The molecule has 0 saturated heterocycles. The summed E-state index contributed by atoms with van der Waals surface area (Å²) in [5.41, 5.74) is 2.17. The highest BCUT2D eigenvalue weighted by molar-refractivity contribution is 5.97. The largest absolute Gasteiger partial charge is 0.468 e. The molecule has 0 radical (unpaired) electrons. The van der Waals surface area contributed by atoms with Crippen molar-refractivity contribution < 1.29 is 14.0 Å². The zero-order chi connectivity index (χ0) is 19.8. The Morgan fingerprint density at radius 2 is 1.82 bits per heavy atom. The average Bonchev–Trinajstić information content (AvgIpc) is 3.22. The van der Waals surface area contributed by atoms with E-state index in [1.807, 2.05) is 36.4 Å². The first-order valence-electron chi connectivity index (χ1n) is 9.04. The van der Waals surface area contributed by atoms with Gasteiger partial charge in [0.15, 0.2) is 0 Å². The van der Waals surface area contributed by atoms with Gasteiger partial charge in [0.25, 0.3) is 5.91 Å². The van der Waals surface area contributed by atoms with Crippen molar-refractivity contribution in [2.75, 3.05) is 18.9 Å². The first-order chi connectivity index (χ1) is 13.6. The van der Waals surface area contributed by atoms with E-state index in [4.69, 9.17) is 4.42 Å². The second-order valence-corrected chi connectivity index (χ2v) is 6.46. The quantitative estimate of drug-likeness (QED) is 0.632. The summed E-state index contributed by atoms with van der Waals surface area (Å²) in [5, 5.41) is 5.81. The first kappa shape index (κ1) is 19.4. The molecule has 0 spiro atoms. The van der Waals surface area contributed by atoms with E-state index in [0.717, 1.165) is 11.3 Å². The number of hydrogen-bond donors (Lipinski definition) is 2. The molecule has 2 N–H and O–H groups in total. The van der Waals surface area contributed by atoms with Crippen LogP contribution in [0.4, 0.5) is 5.69 Å². The predicted molar refractivity (Wildman–Crippen MR) is 108 cm³/mol. The summed E-state index contributed by atoms with van der Waals surface area (Å²) in [4.78, 5) is 26.4. The first-order valence-corrected chi connectivity index (χ1v) is 9.04. The molecule has 1 heterocycles. The molecule has 144 valence electrons. The Bertz CT molecular complexity index is 908. The standard InChI is InChI=1S/C22H23N3O3/c1-25(16-17-7-3-2-4-8-17)22(27)18-9-5-10-19(13-18)24-21(26)15-23-14-20-11-6-12-28-20/h2-13,23H,14-16H2,1H3,(H,24,26). The fourth-order valence-electron chi connectivity index (χ4n) is 2.80. The van der Waals surface area contributed by atoms with Crippen LogP contribution in [-0.2, 0) is 17.9 Å². The lowest BCUT2D eigenvalue weighted by Gasteiger charge is -2.18. The third-order valence-corrected chi connectivity index (χ3v) is 4.17. The Balaban J connectivity index is 1.53. The molecular formula is C22H23N3O3. The van der Waals surface area contributed by atoms with Gasteiger partial charge in [-0.25, -0.2) is 0 Å². The number of nitrogens with zero attached hydrogens (tertiary/aromatic N) is 1. The Morgan fingerprint density at radius 1 is 1.00 bits per heavy atom. The second kappa shape index (κ2) is 9.53. The summed E-state index contributed by atoms with van der Waals surface area (Å²) >= 11 is 0. The van der Waals surface area contributed by atoms with Gasteiger partial charge in [-0.3, -0.25) is 9.59 Å². The highest BCUT2D eigenvalue weighted by Crippen LogP contribution is 2.14. The van der Waals surface area contributed by atoms with Gasteiger partial charge in [-0.05, 0) is 35.9 Å². The Kier molecular flexibility index (Phi) is 6.59. The number of nitrogens with one attached hydrogen (secondary N) is 2. The number of hydrogen-bond acceptors (Lipinski definition) is 4. The number of benzene rings is 2. The van der Waals surface area contributed by atoms with Gasteiger partial charge in [-0.15, -0.1) is 0 Å². The van der Waals surface area contributed by atoms with E-state index in [1.165, 1.54) is 0 Å². The maximum absolute atomic E-state index is 12.7. The summed E-state index contributed by atoms with van der Waals surface area (Å²) in [6.07, 6.45) is 1.59. The van der Waals surface area contributed by atoms with Crippen LogP contribution in [0.25, 0.3) is 0 Å². The SMILES string of the molecule is CN(Cc1ccccc1)C(=O)c1cccc(NC(=O)CNCc2ccco2)c1. The lowest BCUT2D eigenvalue weighted by Crippen LogP contribution is -2.28. The van der Waals surface area contributed by atoms with Crippen LogP contribution in [-0.4, -0.2) is 30.3 Å². The van der Waals surface area contributed by atoms with Gasteiger partial charge in [0, 0.05) is 24.8 Å². The molecule has 6 heteroatoms. The molecule has 6 nitrogen and oxygen atoms in total. The molecule has 3 rings (SSSR count). The van der Waals surface area contributed by atoms with Crippen molar-refractivity contribution in [1.29, 1.82) is 0 Å². The fraction of sp³-hybridized carbons (Fsp3) is 0.182. The lowest BCUT2D eigenvalue weighted by atomic mass is 10.1. The van der Waals surface area contributed by atoms with E-state index in [0.29, 0.717) is 24.3 Å². The fourth-order valence-corrected chi connectivity index (χ4v) is 2.80. The summed E-state index contributed by atoms with van der Waals surface area (Å²) in [6, 6.07) is 20.4. The van der Waals surface area contributed by atoms with Crippen LogP contribution in [0.2, 0.25) is 0 Å². The van der Waals surface area contributed by atoms with Crippen molar-refractivity contribution >= 4 is 17.5 Å². The number of rotatable bonds is 8. The van der Waals surface area contributed by atoms with Crippen LogP contribution in [0.15, 0.2) is 77.4 Å². The third-order valence-electron chi connectivity index (χ3n) is 4.17. The number of furan rings is 1.